The van der Waals surface area contributed by atoms with Gasteiger partial charge in [0.25, 0.3) is 0 Å². The first-order chi connectivity index (χ1) is 31.8. The molecule has 0 aliphatic rings. The number of nitrogens with zero attached hydrogens (tertiary/aromatic N) is 3. The Labute approximate surface area is 374 Å². The molecular formula is C60H37N3Se. The topological polar surface area (TPSA) is 14.8 Å². The van der Waals surface area contributed by atoms with Crippen LogP contribution in [0.15, 0.2) is 224 Å². The monoisotopic (exact) mass is 879 g/mol. The van der Waals surface area contributed by atoms with E-state index in [0.29, 0.717) is 0 Å². The normalized spacial score (nSPS) is 12.1. The zero-order valence-corrected chi connectivity index (χ0v) is 36.3. The summed E-state index contributed by atoms with van der Waals surface area (Å²) in [5.41, 5.74) is 15.9. The summed E-state index contributed by atoms with van der Waals surface area (Å²) in [4.78, 5) is 0. The molecule has 0 spiro atoms. The van der Waals surface area contributed by atoms with Gasteiger partial charge >= 0.3 is 302 Å². The predicted octanol–water partition coefficient (Wildman–Crippen LogP) is 15.7. The van der Waals surface area contributed by atoms with Gasteiger partial charge in [0.2, 0.25) is 0 Å². The van der Waals surface area contributed by atoms with E-state index in [9.17, 15) is 0 Å². The van der Waals surface area contributed by atoms with E-state index in [1.54, 1.807) is 0 Å². The predicted molar refractivity (Wildman–Crippen MR) is 272 cm³/mol. The fraction of sp³-hybridized carbons (Fsp3) is 0. The van der Waals surface area contributed by atoms with E-state index < -0.39 is 0 Å². The summed E-state index contributed by atoms with van der Waals surface area (Å²) in [7, 11) is 0. The van der Waals surface area contributed by atoms with Crippen molar-refractivity contribution in [1.29, 1.82) is 0 Å². The molecule has 0 fully saturated rings. The van der Waals surface area contributed by atoms with Crippen LogP contribution in [0.4, 0.5) is 0 Å². The van der Waals surface area contributed by atoms with Gasteiger partial charge < -0.3 is 4.57 Å². The summed E-state index contributed by atoms with van der Waals surface area (Å²) >= 11 is 0.131. The number of rotatable bonds is 5. The molecular weight excluding hydrogens is 842 g/mol. The molecule has 3 nitrogen and oxygen atoms in total. The first kappa shape index (κ1) is 35.7. The van der Waals surface area contributed by atoms with Gasteiger partial charge in [-0.05, 0) is 12.1 Å². The van der Waals surface area contributed by atoms with Gasteiger partial charge in [0.05, 0.1) is 11.0 Å². The van der Waals surface area contributed by atoms with E-state index in [-0.39, 0.29) is 14.5 Å². The van der Waals surface area contributed by atoms with Crippen molar-refractivity contribution in [1.82, 2.24) is 13.7 Å². The zero-order chi connectivity index (χ0) is 41.9. The Balaban J connectivity index is 1.02. The van der Waals surface area contributed by atoms with Crippen molar-refractivity contribution < 1.29 is 0 Å². The van der Waals surface area contributed by atoms with Crippen molar-refractivity contribution in [3.63, 3.8) is 0 Å². The van der Waals surface area contributed by atoms with E-state index in [1.165, 1.54) is 113 Å². The summed E-state index contributed by atoms with van der Waals surface area (Å²) in [6.07, 6.45) is 0. The van der Waals surface area contributed by atoms with Crippen molar-refractivity contribution in [3.05, 3.63) is 224 Å². The van der Waals surface area contributed by atoms with Gasteiger partial charge in [-0.3, -0.25) is 0 Å². The molecule has 0 amide bonds. The van der Waals surface area contributed by atoms with Crippen molar-refractivity contribution in [2.75, 3.05) is 0 Å². The van der Waals surface area contributed by atoms with Crippen molar-refractivity contribution in [2.24, 2.45) is 0 Å². The van der Waals surface area contributed by atoms with E-state index in [0.717, 1.165) is 11.4 Å². The zero-order valence-electron chi connectivity index (χ0n) is 34.6. The molecule has 4 heterocycles. The Morgan fingerprint density at radius 3 is 1.44 bits per heavy atom. The molecule has 0 aliphatic heterocycles. The first-order valence-corrected chi connectivity index (χ1v) is 23.6. The Kier molecular flexibility index (Phi) is 7.70. The number of fused-ring (bicyclic) bond motifs is 12. The molecule has 0 aliphatic carbocycles. The Hall–Kier alpha value is -7.88. The van der Waals surface area contributed by atoms with Crippen LogP contribution in [-0.4, -0.2) is 28.2 Å². The molecule has 298 valence electrons. The second-order valence-corrected chi connectivity index (χ2v) is 19.0. The minimum absolute atomic E-state index is 0.131. The average molecular weight is 879 g/mol. The quantitative estimate of drug-likeness (QED) is 0.153. The molecule has 4 heteroatoms. The number of hydrogen-bond donors (Lipinski definition) is 0. The minimum atomic E-state index is 0.131. The summed E-state index contributed by atoms with van der Waals surface area (Å²) in [6.45, 7) is 0. The van der Waals surface area contributed by atoms with Crippen LogP contribution in [0.3, 0.4) is 0 Å². The molecule has 14 aromatic rings. The number of para-hydroxylation sites is 4. The second kappa shape index (κ2) is 13.8. The fourth-order valence-electron chi connectivity index (χ4n) is 10.7. The molecule has 10 aromatic carbocycles. The first-order valence-electron chi connectivity index (χ1n) is 21.9. The summed E-state index contributed by atoms with van der Waals surface area (Å²) in [5.74, 6) is 0. The standard InChI is InChI=1S/C60H37N3Se/c1-2-16-38(17-3-1)41-18-4-5-19-42(41)48-33-35-56(59-49-24-10-15-29-58(49)64-60(48)59)63-54-28-14-8-22-45(54)47-32-30-40(37-57(47)63)62-53-27-13-9-23-46(53)50-36-39(31-34-55(50)62)61-51-25-11-6-20-43(51)44-21-7-12-26-52(44)61/h1-37H. The fourth-order valence-corrected chi connectivity index (χ4v) is 13.4. The molecule has 0 saturated heterocycles. The maximum absolute atomic E-state index is 2.55. The van der Waals surface area contributed by atoms with Crippen molar-refractivity contribution >= 4 is 99.2 Å². The van der Waals surface area contributed by atoms with Gasteiger partial charge in [0.15, 0.2) is 0 Å². The summed E-state index contributed by atoms with van der Waals surface area (Å²) < 4.78 is 10.3. The van der Waals surface area contributed by atoms with Crippen LogP contribution < -0.4 is 0 Å². The number of aromatic nitrogens is 3. The third-order valence-corrected chi connectivity index (χ3v) is 16.0. The van der Waals surface area contributed by atoms with Gasteiger partial charge in [0.1, 0.15) is 0 Å². The maximum atomic E-state index is 2.55. The molecule has 0 saturated carbocycles. The van der Waals surface area contributed by atoms with Gasteiger partial charge in [-0.25, -0.2) is 0 Å². The van der Waals surface area contributed by atoms with E-state index in [2.05, 4.69) is 238 Å². The van der Waals surface area contributed by atoms with Crippen molar-refractivity contribution in [3.8, 4) is 39.3 Å². The molecule has 64 heavy (non-hydrogen) atoms. The van der Waals surface area contributed by atoms with E-state index >= 15 is 0 Å². The SMILES string of the molecule is c1ccc(-c2ccccc2-c2ccc(-n3c4ccccc4c4ccc(-n5c6ccccc6c6cc(-n7c8ccccc8c8ccccc87)ccc65)cc43)c3c2[se]c2ccccc23)cc1. The molecule has 0 radical (unpaired) electrons. The van der Waals surface area contributed by atoms with Crippen LogP contribution in [0.25, 0.3) is 124 Å². The molecule has 4 aromatic heterocycles. The van der Waals surface area contributed by atoms with Gasteiger partial charge in [0, 0.05) is 10.8 Å². The summed E-state index contributed by atoms with van der Waals surface area (Å²) in [6, 6.07) is 83.1. The van der Waals surface area contributed by atoms with Gasteiger partial charge in [-0.15, -0.1) is 0 Å². The molecule has 0 atom stereocenters. The van der Waals surface area contributed by atoms with Crippen LogP contribution in [0.5, 0.6) is 0 Å². The number of hydrogen-bond acceptors (Lipinski definition) is 0. The average Bonchev–Trinajstić information content (AvgIpc) is 4.10. The Morgan fingerprint density at radius 1 is 0.281 bits per heavy atom. The van der Waals surface area contributed by atoms with E-state index in [1.807, 2.05) is 0 Å². The molecule has 0 N–H and O–H groups in total. The second-order valence-electron chi connectivity index (χ2n) is 16.8. The van der Waals surface area contributed by atoms with E-state index in [4.69, 9.17) is 0 Å². The van der Waals surface area contributed by atoms with Crippen LogP contribution in [0.1, 0.15) is 0 Å². The Morgan fingerprint density at radius 2 is 0.766 bits per heavy atom. The van der Waals surface area contributed by atoms with Gasteiger partial charge in [-0.1, -0.05) is 36.4 Å². The third-order valence-electron chi connectivity index (χ3n) is 13.5. The molecule has 0 unspecified atom stereocenters. The number of benzene rings is 10. The van der Waals surface area contributed by atoms with Crippen LogP contribution in [0, 0.1) is 0 Å². The third kappa shape index (κ3) is 5.10. The van der Waals surface area contributed by atoms with Crippen LogP contribution in [0.2, 0.25) is 0 Å². The van der Waals surface area contributed by atoms with Crippen LogP contribution >= 0.6 is 0 Å². The van der Waals surface area contributed by atoms with Crippen molar-refractivity contribution in [2.45, 2.75) is 0 Å². The van der Waals surface area contributed by atoms with Crippen LogP contribution in [-0.2, 0) is 0 Å². The summed E-state index contributed by atoms with van der Waals surface area (Å²) in [5, 5.41) is 10.2. The Bertz CT molecular complexity index is 4140. The molecule has 0 bridgehead atoms. The molecule has 14 rings (SSSR count). The van der Waals surface area contributed by atoms with Gasteiger partial charge in [-0.2, -0.15) is 0 Å².